The van der Waals surface area contributed by atoms with Crippen molar-refractivity contribution in [1.82, 2.24) is 5.32 Å². The number of imide groups is 2. The maximum atomic E-state index is 14.1. The van der Waals surface area contributed by atoms with Gasteiger partial charge < -0.3 is 14.4 Å². The Morgan fingerprint density at radius 3 is 1.98 bits per heavy atom. The molecule has 2 atom stereocenters. The summed E-state index contributed by atoms with van der Waals surface area (Å²) in [6, 6.07) is 29.1. The van der Waals surface area contributed by atoms with Gasteiger partial charge in [0.15, 0.2) is 11.5 Å². The van der Waals surface area contributed by atoms with E-state index in [4.69, 9.17) is 9.47 Å². The van der Waals surface area contributed by atoms with Crippen molar-refractivity contribution < 1.29 is 23.9 Å². The van der Waals surface area contributed by atoms with Gasteiger partial charge in [0, 0.05) is 30.6 Å². The molecule has 0 spiro atoms. The maximum absolute atomic E-state index is 14.1. The van der Waals surface area contributed by atoms with Gasteiger partial charge in [-0.05, 0) is 77.9 Å². The second kappa shape index (κ2) is 12.2. The van der Waals surface area contributed by atoms with Crippen LogP contribution in [0.4, 0.5) is 16.2 Å². The number of rotatable bonds is 7. The van der Waals surface area contributed by atoms with E-state index in [-0.39, 0.29) is 17.4 Å². The minimum Gasteiger partial charge on any atom is -0.493 e. The normalized spacial score (nSPS) is 20.0. The van der Waals surface area contributed by atoms with E-state index in [0.29, 0.717) is 29.4 Å². The van der Waals surface area contributed by atoms with E-state index in [1.54, 1.807) is 25.3 Å². The Kier molecular flexibility index (Phi) is 7.78. The Bertz CT molecular complexity index is 1780. The molecule has 0 saturated carbocycles. The minimum atomic E-state index is -0.764. The van der Waals surface area contributed by atoms with Crippen LogP contribution in [0.1, 0.15) is 59.4 Å². The lowest BCUT2D eigenvalue weighted by molar-refractivity contribution is -0.122. The molecule has 3 aliphatic rings. The van der Waals surface area contributed by atoms with Crippen LogP contribution in [0, 0.1) is 0 Å². The van der Waals surface area contributed by atoms with Gasteiger partial charge in [-0.25, -0.2) is 9.69 Å². The lowest BCUT2D eigenvalue weighted by Gasteiger charge is -2.44. The number of ether oxygens (including phenoxy) is 2. The van der Waals surface area contributed by atoms with Gasteiger partial charge in [0.1, 0.15) is 5.57 Å². The molecule has 0 radical (unpaired) electrons. The summed E-state index contributed by atoms with van der Waals surface area (Å²) in [5.74, 6) is -0.194. The van der Waals surface area contributed by atoms with Gasteiger partial charge in [0.25, 0.3) is 11.8 Å². The molecule has 0 aliphatic carbocycles. The second-order valence-corrected chi connectivity index (χ2v) is 11.8. The first-order valence-electron chi connectivity index (χ1n) is 15.7. The Hall–Kier alpha value is -5.37. The summed E-state index contributed by atoms with van der Waals surface area (Å²) in [6.07, 6.45) is 3.32. The molecule has 3 heterocycles. The summed E-state index contributed by atoms with van der Waals surface area (Å²) >= 11 is 0. The fourth-order valence-corrected chi connectivity index (χ4v) is 7.08. The van der Waals surface area contributed by atoms with Gasteiger partial charge in [0.2, 0.25) is 0 Å². The number of hydrogen-bond acceptors (Lipinski definition) is 6. The van der Waals surface area contributed by atoms with Crippen LogP contribution < -0.4 is 24.6 Å². The highest BCUT2D eigenvalue weighted by Gasteiger charge is 2.40. The van der Waals surface area contributed by atoms with Crippen LogP contribution in [0.2, 0.25) is 0 Å². The van der Waals surface area contributed by atoms with Crippen molar-refractivity contribution in [2.24, 2.45) is 0 Å². The Labute approximate surface area is 268 Å². The van der Waals surface area contributed by atoms with E-state index >= 15 is 0 Å². The highest BCUT2D eigenvalue weighted by atomic mass is 16.5. The van der Waals surface area contributed by atoms with Crippen LogP contribution in [-0.2, 0) is 9.59 Å². The lowest BCUT2D eigenvalue weighted by atomic mass is 9.76. The molecule has 1 saturated heterocycles. The van der Waals surface area contributed by atoms with Crippen LogP contribution in [0.15, 0.2) is 96.6 Å². The molecule has 4 aromatic carbocycles. The zero-order valence-corrected chi connectivity index (χ0v) is 25.9. The van der Waals surface area contributed by atoms with Gasteiger partial charge in [-0.1, -0.05) is 66.7 Å². The van der Waals surface area contributed by atoms with Crippen molar-refractivity contribution in [1.29, 1.82) is 0 Å². The zero-order chi connectivity index (χ0) is 31.8. The summed E-state index contributed by atoms with van der Waals surface area (Å²) < 4.78 is 11.1. The molecular formula is C38H35N3O5. The van der Waals surface area contributed by atoms with Crippen molar-refractivity contribution in [2.75, 3.05) is 36.6 Å². The monoisotopic (exact) mass is 613 g/mol. The van der Waals surface area contributed by atoms with Gasteiger partial charge in [0.05, 0.1) is 19.4 Å². The van der Waals surface area contributed by atoms with Gasteiger partial charge in [-0.2, -0.15) is 0 Å². The quantitative estimate of drug-likeness (QED) is 0.186. The van der Waals surface area contributed by atoms with E-state index in [2.05, 4.69) is 34.5 Å². The van der Waals surface area contributed by atoms with Crippen LogP contribution >= 0.6 is 0 Å². The van der Waals surface area contributed by atoms with Crippen LogP contribution in [0.25, 0.3) is 6.08 Å². The molecule has 8 heteroatoms. The predicted octanol–water partition coefficient (Wildman–Crippen LogP) is 6.64. The van der Waals surface area contributed by atoms with Crippen LogP contribution in [0.3, 0.4) is 0 Å². The average molecular weight is 614 g/mol. The summed E-state index contributed by atoms with van der Waals surface area (Å²) in [7, 11) is 1.55. The number of nitrogens with zero attached hydrogens (tertiary/aromatic N) is 2. The number of hydrogen-bond donors (Lipinski definition) is 1. The third-order valence-electron chi connectivity index (χ3n) is 9.16. The van der Waals surface area contributed by atoms with Gasteiger partial charge in [-0.15, -0.1) is 0 Å². The number of urea groups is 1. The van der Waals surface area contributed by atoms with Crippen molar-refractivity contribution in [3.05, 3.63) is 124 Å². The number of barbiturate groups is 1. The molecule has 46 heavy (non-hydrogen) atoms. The maximum Gasteiger partial charge on any atom is 0.335 e. The standard InChI is InChI=1S/C38H35N3O5/c1-3-46-34-21-24(14-15-33(34)45-2)20-32-36(42)39-38(44)41(37(32)43)27-22-30-28(25-10-6-4-7-11-25)16-18-40-19-17-29(31(23-27)35(30)40)26-12-8-5-9-13-26/h4-15,20-23,28-29H,3,16-19H2,1-2H3,(H,39,42,44)/b32-20+/t28-,29-/m1/s1. The molecular weight excluding hydrogens is 578 g/mol. The average Bonchev–Trinajstić information content (AvgIpc) is 3.08. The SMILES string of the molecule is CCOc1cc(/C=C2\C(=O)NC(=O)N(c3cc4c5c(c3)[C@@H](c3ccccc3)CCN5CC[C@@H]4c3ccccc3)C2=O)ccc1OC. The van der Waals surface area contributed by atoms with E-state index in [1.807, 2.05) is 55.5 Å². The molecule has 8 nitrogen and oxygen atoms in total. The molecule has 3 aliphatic heterocycles. The summed E-state index contributed by atoms with van der Waals surface area (Å²) in [5, 5.41) is 2.41. The first-order chi connectivity index (χ1) is 22.5. The van der Waals surface area contributed by atoms with Crippen molar-refractivity contribution >= 4 is 35.3 Å². The highest BCUT2D eigenvalue weighted by Crippen LogP contribution is 2.50. The number of carbonyl (C=O) groups is 3. The summed E-state index contributed by atoms with van der Waals surface area (Å²) in [6.45, 7) is 4.14. The molecule has 1 fully saturated rings. The molecule has 232 valence electrons. The number of amides is 4. The van der Waals surface area contributed by atoms with Crippen LogP contribution in [0.5, 0.6) is 11.5 Å². The number of methoxy groups -OCH3 is 1. The fraction of sp³-hybridized carbons (Fsp3) is 0.237. The fourth-order valence-electron chi connectivity index (χ4n) is 7.08. The second-order valence-electron chi connectivity index (χ2n) is 11.8. The Morgan fingerprint density at radius 1 is 0.804 bits per heavy atom. The molecule has 4 aromatic rings. The minimum absolute atomic E-state index is 0.0940. The smallest absolute Gasteiger partial charge is 0.335 e. The zero-order valence-electron chi connectivity index (χ0n) is 25.9. The molecule has 7 rings (SSSR count). The number of benzene rings is 4. The molecule has 0 bridgehead atoms. The molecule has 1 N–H and O–H groups in total. The van der Waals surface area contributed by atoms with E-state index in [0.717, 1.165) is 42.0 Å². The number of anilines is 2. The highest BCUT2D eigenvalue weighted by molar-refractivity contribution is 6.39. The van der Waals surface area contributed by atoms with Crippen molar-refractivity contribution in [3.8, 4) is 11.5 Å². The van der Waals surface area contributed by atoms with Crippen LogP contribution in [-0.4, -0.2) is 44.7 Å². The Balaban J connectivity index is 1.36. The van der Waals surface area contributed by atoms with E-state index < -0.39 is 17.8 Å². The summed E-state index contributed by atoms with van der Waals surface area (Å²) in [5.41, 5.74) is 6.62. The van der Waals surface area contributed by atoms with Gasteiger partial charge in [-0.3, -0.25) is 14.9 Å². The third kappa shape index (κ3) is 5.19. The topological polar surface area (TPSA) is 88.2 Å². The first-order valence-corrected chi connectivity index (χ1v) is 15.7. The van der Waals surface area contributed by atoms with Crippen molar-refractivity contribution in [3.63, 3.8) is 0 Å². The first kappa shape index (κ1) is 29.3. The van der Waals surface area contributed by atoms with Crippen molar-refractivity contribution in [2.45, 2.75) is 31.6 Å². The predicted molar refractivity (Wildman–Crippen MR) is 178 cm³/mol. The van der Waals surface area contributed by atoms with E-state index in [1.165, 1.54) is 22.9 Å². The lowest BCUT2D eigenvalue weighted by Crippen LogP contribution is -2.54. The number of carbonyl (C=O) groups excluding carboxylic acids is 3. The largest absolute Gasteiger partial charge is 0.493 e. The van der Waals surface area contributed by atoms with Gasteiger partial charge >= 0.3 is 6.03 Å². The molecule has 0 unspecified atom stereocenters. The van der Waals surface area contributed by atoms with E-state index in [9.17, 15) is 14.4 Å². The third-order valence-corrected chi connectivity index (χ3v) is 9.16. The molecule has 4 amide bonds. The summed E-state index contributed by atoms with van der Waals surface area (Å²) in [4.78, 5) is 44.3. The number of nitrogens with one attached hydrogen (secondary N) is 1. The molecule has 0 aromatic heterocycles. The Morgan fingerprint density at radius 2 is 1.41 bits per heavy atom.